The average Bonchev–Trinajstić information content (AvgIpc) is 2.79. The number of aromatic nitrogens is 1. The highest BCUT2D eigenvalue weighted by Crippen LogP contribution is 2.29. The number of hydrogen-bond acceptors (Lipinski definition) is 3. The summed E-state index contributed by atoms with van der Waals surface area (Å²) in [6.07, 6.45) is 3.25. The van der Waals surface area contributed by atoms with Crippen LogP contribution in [0.3, 0.4) is 0 Å². The topological polar surface area (TPSA) is 51.3 Å². The first kappa shape index (κ1) is 12.2. The van der Waals surface area contributed by atoms with Crippen molar-refractivity contribution < 1.29 is 14.3 Å². The summed E-state index contributed by atoms with van der Waals surface area (Å²) in [5, 5.41) is 0.992. The lowest BCUT2D eigenvalue weighted by molar-refractivity contribution is -0.133. The molecule has 0 amide bonds. The van der Waals surface area contributed by atoms with Gasteiger partial charge in [-0.3, -0.25) is 4.79 Å². The number of nitrogens with one attached hydrogen (secondary N) is 1. The highest BCUT2D eigenvalue weighted by atomic mass is 16.5. The van der Waals surface area contributed by atoms with Crippen LogP contribution < -0.4 is 4.74 Å². The largest absolute Gasteiger partial charge is 0.490 e. The fourth-order valence-electron chi connectivity index (χ4n) is 1.86. The van der Waals surface area contributed by atoms with Crippen LogP contribution in [0.1, 0.15) is 18.6 Å². The van der Waals surface area contributed by atoms with Crippen LogP contribution in [0.5, 0.6) is 5.75 Å². The Hall–Kier alpha value is -2.23. The zero-order valence-electron chi connectivity index (χ0n) is 10.2. The van der Waals surface area contributed by atoms with Gasteiger partial charge < -0.3 is 14.5 Å². The minimum absolute atomic E-state index is 0.286. The molecule has 4 heteroatoms. The molecule has 94 valence electrons. The van der Waals surface area contributed by atoms with Crippen molar-refractivity contribution >= 4 is 17.4 Å². The lowest BCUT2D eigenvalue weighted by Crippen LogP contribution is -1.97. The Labute approximate surface area is 105 Å². The SMILES string of the molecule is C=CCOc1ccc2[nH]cc(C(C)OC=O)c2c1. The maximum Gasteiger partial charge on any atom is 0.293 e. The second-order valence-corrected chi connectivity index (χ2v) is 3.93. The molecule has 0 aliphatic rings. The Morgan fingerprint density at radius 1 is 1.50 bits per heavy atom. The number of ether oxygens (including phenoxy) is 2. The summed E-state index contributed by atoms with van der Waals surface area (Å²) < 4.78 is 10.4. The summed E-state index contributed by atoms with van der Waals surface area (Å²) >= 11 is 0. The van der Waals surface area contributed by atoms with Gasteiger partial charge >= 0.3 is 0 Å². The third-order valence-corrected chi connectivity index (χ3v) is 2.75. The van der Waals surface area contributed by atoms with Crippen molar-refractivity contribution in [3.05, 3.63) is 42.6 Å². The van der Waals surface area contributed by atoms with E-state index in [-0.39, 0.29) is 6.10 Å². The molecule has 1 unspecified atom stereocenters. The number of rotatable bonds is 6. The van der Waals surface area contributed by atoms with E-state index in [0.717, 1.165) is 22.2 Å². The van der Waals surface area contributed by atoms with E-state index in [9.17, 15) is 4.79 Å². The number of H-pyrrole nitrogens is 1. The maximum absolute atomic E-state index is 10.4. The van der Waals surface area contributed by atoms with Gasteiger partial charge in [0.15, 0.2) is 0 Å². The predicted octanol–water partition coefficient (Wildman–Crippen LogP) is 2.97. The number of carbonyl (C=O) groups excluding carboxylic acids is 1. The first-order valence-electron chi connectivity index (χ1n) is 5.70. The molecule has 1 heterocycles. The molecule has 1 aromatic heterocycles. The van der Waals surface area contributed by atoms with Crippen LogP contribution >= 0.6 is 0 Å². The number of fused-ring (bicyclic) bond motifs is 1. The molecule has 0 saturated carbocycles. The van der Waals surface area contributed by atoms with Crippen LogP contribution in [-0.4, -0.2) is 18.1 Å². The standard InChI is InChI=1S/C14H15NO3/c1-3-6-17-11-4-5-14-12(7-11)13(8-15-14)10(2)18-9-16/h3-5,7-10,15H,1,6H2,2H3. The normalized spacial score (nSPS) is 12.1. The van der Waals surface area contributed by atoms with Crippen molar-refractivity contribution in [2.75, 3.05) is 6.61 Å². The highest BCUT2D eigenvalue weighted by molar-refractivity contribution is 5.85. The maximum atomic E-state index is 10.4. The van der Waals surface area contributed by atoms with Crippen LogP contribution in [0, 0.1) is 0 Å². The van der Waals surface area contributed by atoms with Crippen molar-refractivity contribution in [3.8, 4) is 5.75 Å². The third-order valence-electron chi connectivity index (χ3n) is 2.75. The van der Waals surface area contributed by atoms with E-state index in [4.69, 9.17) is 9.47 Å². The summed E-state index contributed by atoms with van der Waals surface area (Å²) in [4.78, 5) is 13.5. The average molecular weight is 245 g/mol. The zero-order valence-corrected chi connectivity index (χ0v) is 10.2. The minimum atomic E-state index is -0.286. The van der Waals surface area contributed by atoms with Crippen molar-refractivity contribution in [2.24, 2.45) is 0 Å². The number of hydrogen-bond donors (Lipinski definition) is 1. The predicted molar refractivity (Wildman–Crippen MR) is 69.6 cm³/mol. The first-order valence-corrected chi connectivity index (χ1v) is 5.70. The first-order chi connectivity index (χ1) is 8.76. The van der Waals surface area contributed by atoms with Gasteiger partial charge in [0.2, 0.25) is 0 Å². The van der Waals surface area contributed by atoms with Crippen LogP contribution in [0.15, 0.2) is 37.1 Å². The molecule has 0 aliphatic carbocycles. The molecule has 1 atom stereocenters. The van der Waals surface area contributed by atoms with Gasteiger partial charge in [-0.05, 0) is 25.1 Å². The van der Waals surface area contributed by atoms with Gasteiger partial charge in [0.05, 0.1) is 0 Å². The van der Waals surface area contributed by atoms with E-state index < -0.39 is 0 Å². The molecule has 0 saturated heterocycles. The van der Waals surface area contributed by atoms with Crippen molar-refractivity contribution in [3.63, 3.8) is 0 Å². The van der Waals surface area contributed by atoms with Gasteiger partial charge in [0, 0.05) is 22.7 Å². The van der Waals surface area contributed by atoms with Gasteiger partial charge in [-0.2, -0.15) is 0 Å². The van der Waals surface area contributed by atoms with Crippen molar-refractivity contribution in [2.45, 2.75) is 13.0 Å². The number of aromatic amines is 1. The molecule has 4 nitrogen and oxygen atoms in total. The van der Waals surface area contributed by atoms with Crippen molar-refractivity contribution in [1.29, 1.82) is 0 Å². The number of benzene rings is 1. The quantitative estimate of drug-likeness (QED) is 0.628. The minimum Gasteiger partial charge on any atom is -0.490 e. The smallest absolute Gasteiger partial charge is 0.293 e. The molecular weight excluding hydrogens is 230 g/mol. The van der Waals surface area contributed by atoms with E-state index >= 15 is 0 Å². The molecule has 2 rings (SSSR count). The molecule has 2 aromatic rings. The van der Waals surface area contributed by atoms with Gasteiger partial charge in [-0.25, -0.2) is 0 Å². The Morgan fingerprint density at radius 2 is 2.33 bits per heavy atom. The molecular formula is C14H15NO3. The second-order valence-electron chi connectivity index (χ2n) is 3.93. The van der Waals surface area contributed by atoms with E-state index in [0.29, 0.717) is 13.1 Å². The summed E-state index contributed by atoms with van der Waals surface area (Å²) in [5.41, 5.74) is 1.92. The Balaban J connectivity index is 2.36. The summed E-state index contributed by atoms with van der Waals surface area (Å²) in [6, 6.07) is 5.75. The molecule has 0 bridgehead atoms. The number of carbonyl (C=O) groups is 1. The van der Waals surface area contributed by atoms with Crippen LogP contribution in [0.4, 0.5) is 0 Å². The van der Waals surface area contributed by atoms with E-state index in [1.807, 2.05) is 31.3 Å². The van der Waals surface area contributed by atoms with Gasteiger partial charge in [0.25, 0.3) is 6.47 Å². The Bertz CT molecular complexity index is 559. The lowest BCUT2D eigenvalue weighted by atomic mass is 10.1. The monoisotopic (exact) mass is 245 g/mol. The van der Waals surface area contributed by atoms with Crippen LogP contribution in [0.25, 0.3) is 10.9 Å². The molecule has 0 radical (unpaired) electrons. The molecule has 18 heavy (non-hydrogen) atoms. The van der Waals surface area contributed by atoms with Crippen LogP contribution in [0.2, 0.25) is 0 Å². The van der Waals surface area contributed by atoms with Gasteiger partial charge in [-0.15, -0.1) is 0 Å². The van der Waals surface area contributed by atoms with Gasteiger partial charge in [-0.1, -0.05) is 12.7 Å². The molecule has 0 aliphatic heterocycles. The van der Waals surface area contributed by atoms with Crippen molar-refractivity contribution in [1.82, 2.24) is 4.98 Å². The summed E-state index contributed by atoms with van der Waals surface area (Å²) in [6.45, 7) is 6.36. The zero-order chi connectivity index (χ0) is 13.0. The summed E-state index contributed by atoms with van der Waals surface area (Å²) in [7, 11) is 0. The molecule has 1 aromatic carbocycles. The fourth-order valence-corrected chi connectivity index (χ4v) is 1.86. The molecule has 0 spiro atoms. The highest BCUT2D eigenvalue weighted by Gasteiger charge is 2.12. The van der Waals surface area contributed by atoms with Crippen LogP contribution in [-0.2, 0) is 9.53 Å². The Morgan fingerprint density at radius 3 is 3.06 bits per heavy atom. The second kappa shape index (κ2) is 5.40. The third kappa shape index (κ3) is 2.37. The summed E-state index contributed by atoms with van der Waals surface area (Å²) in [5.74, 6) is 0.765. The van der Waals surface area contributed by atoms with E-state index in [1.165, 1.54) is 0 Å². The van der Waals surface area contributed by atoms with E-state index in [2.05, 4.69) is 11.6 Å². The van der Waals surface area contributed by atoms with E-state index in [1.54, 1.807) is 6.08 Å². The molecule has 0 fully saturated rings. The fraction of sp³-hybridized carbons (Fsp3) is 0.214. The van der Waals surface area contributed by atoms with Gasteiger partial charge in [0.1, 0.15) is 18.5 Å². The lowest BCUT2D eigenvalue weighted by Gasteiger charge is -2.09. The molecule has 1 N–H and O–H groups in total. The Kier molecular flexibility index (Phi) is 3.67.